The Hall–Kier alpha value is -0.970. The van der Waals surface area contributed by atoms with Crippen LogP contribution >= 0.6 is 0 Å². The highest BCUT2D eigenvalue weighted by Gasteiger charge is 2.26. The molecule has 4 heteroatoms. The molecule has 1 N–H and O–H groups in total. The van der Waals surface area contributed by atoms with Crippen molar-refractivity contribution in [3.05, 3.63) is 30.1 Å². The van der Waals surface area contributed by atoms with Crippen molar-refractivity contribution in [2.24, 2.45) is 5.92 Å². The first-order valence-corrected chi connectivity index (χ1v) is 8.26. The first-order valence-electron chi connectivity index (χ1n) is 8.26. The summed E-state index contributed by atoms with van der Waals surface area (Å²) >= 11 is 0. The van der Waals surface area contributed by atoms with Crippen molar-refractivity contribution < 1.29 is 4.74 Å². The van der Waals surface area contributed by atoms with Crippen molar-refractivity contribution in [2.45, 2.75) is 39.3 Å². The van der Waals surface area contributed by atoms with Gasteiger partial charge in [0.1, 0.15) is 0 Å². The number of nitrogens with one attached hydrogen (secondary N) is 1. The molecule has 118 valence electrons. The Labute approximate surface area is 128 Å². The molecule has 1 atom stereocenters. The first-order chi connectivity index (χ1) is 10.3. The number of ether oxygens (including phenoxy) is 1. The Morgan fingerprint density at radius 2 is 2.05 bits per heavy atom. The van der Waals surface area contributed by atoms with Crippen LogP contribution in [0, 0.1) is 5.92 Å². The quantitative estimate of drug-likeness (QED) is 0.797. The average molecular weight is 291 g/mol. The van der Waals surface area contributed by atoms with Crippen LogP contribution in [0.5, 0.6) is 0 Å². The van der Waals surface area contributed by atoms with Gasteiger partial charge in [0.2, 0.25) is 0 Å². The summed E-state index contributed by atoms with van der Waals surface area (Å²) in [6.07, 6.45) is 6.25. The maximum Gasteiger partial charge on any atom is 0.0594 e. The Balaban J connectivity index is 1.88. The lowest BCUT2D eigenvalue weighted by atomic mass is 9.92. The number of nitrogens with zero attached hydrogens (tertiary/aromatic N) is 2. The van der Waals surface area contributed by atoms with Gasteiger partial charge in [0.15, 0.2) is 0 Å². The van der Waals surface area contributed by atoms with Crippen LogP contribution in [0.25, 0.3) is 0 Å². The smallest absolute Gasteiger partial charge is 0.0594 e. The number of aromatic nitrogens is 1. The summed E-state index contributed by atoms with van der Waals surface area (Å²) in [5.41, 5.74) is 1.25. The van der Waals surface area contributed by atoms with E-state index in [0.717, 1.165) is 45.3 Å². The number of hydrogen-bond donors (Lipinski definition) is 1. The third kappa shape index (κ3) is 5.06. The molecule has 0 unspecified atom stereocenters. The zero-order valence-corrected chi connectivity index (χ0v) is 13.4. The molecule has 1 fully saturated rings. The minimum absolute atomic E-state index is 0.612. The highest BCUT2D eigenvalue weighted by atomic mass is 16.5. The van der Waals surface area contributed by atoms with Crippen LogP contribution in [0.3, 0.4) is 0 Å². The van der Waals surface area contributed by atoms with Gasteiger partial charge in [-0.2, -0.15) is 0 Å². The molecule has 0 saturated carbocycles. The lowest BCUT2D eigenvalue weighted by Crippen LogP contribution is -2.51. The fourth-order valence-electron chi connectivity index (χ4n) is 3.20. The van der Waals surface area contributed by atoms with Crippen molar-refractivity contribution in [2.75, 3.05) is 32.8 Å². The van der Waals surface area contributed by atoms with Crippen LogP contribution in [0.2, 0.25) is 0 Å². The second-order valence-electron chi connectivity index (χ2n) is 5.78. The summed E-state index contributed by atoms with van der Waals surface area (Å²) in [6.45, 7) is 10.4. The van der Waals surface area contributed by atoms with E-state index < -0.39 is 0 Å². The molecule has 0 aliphatic carbocycles. The fraction of sp³-hybridized carbons (Fsp3) is 0.706. The summed E-state index contributed by atoms with van der Waals surface area (Å²) < 4.78 is 5.50. The lowest BCUT2D eigenvalue weighted by Gasteiger charge is -2.39. The summed E-state index contributed by atoms with van der Waals surface area (Å²) in [6, 6.07) is 4.73. The molecular formula is C17H29N3O. The average Bonchev–Trinajstić information content (AvgIpc) is 2.56. The molecule has 2 rings (SSSR count). The van der Waals surface area contributed by atoms with Gasteiger partial charge in [-0.15, -0.1) is 0 Å². The SMILES string of the molecule is CCC(CC)[C@@H](CNCc1cccnc1)N1CCOCC1. The zero-order valence-electron chi connectivity index (χ0n) is 13.4. The van der Waals surface area contributed by atoms with Crippen LogP contribution in [0.4, 0.5) is 0 Å². The number of pyridine rings is 1. The maximum absolute atomic E-state index is 5.50. The monoisotopic (exact) mass is 291 g/mol. The number of hydrogen-bond acceptors (Lipinski definition) is 4. The molecule has 1 saturated heterocycles. The van der Waals surface area contributed by atoms with Gasteiger partial charge in [0.05, 0.1) is 13.2 Å². The van der Waals surface area contributed by atoms with Crippen molar-refractivity contribution in [3.63, 3.8) is 0 Å². The second kappa shape index (κ2) is 9.13. The molecule has 0 spiro atoms. The molecule has 1 aromatic heterocycles. The molecule has 21 heavy (non-hydrogen) atoms. The molecule has 0 bridgehead atoms. The van der Waals surface area contributed by atoms with Gasteiger partial charge < -0.3 is 10.1 Å². The topological polar surface area (TPSA) is 37.4 Å². The Bertz CT molecular complexity index is 375. The molecule has 0 amide bonds. The van der Waals surface area contributed by atoms with E-state index >= 15 is 0 Å². The summed E-state index contributed by atoms with van der Waals surface area (Å²) in [7, 11) is 0. The van der Waals surface area contributed by atoms with Crippen molar-refractivity contribution >= 4 is 0 Å². The standard InChI is InChI=1S/C17H29N3O/c1-3-16(4-2)17(20-8-10-21-11-9-20)14-19-13-15-6-5-7-18-12-15/h5-7,12,16-17,19H,3-4,8-11,13-14H2,1-2H3/t17-/m1/s1. The van der Waals surface area contributed by atoms with Crippen LogP contribution in [0.15, 0.2) is 24.5 Å². The molecular weight excluding hydrogens is 262 g/mol. The molecule has 4 nitrogen and oxygen atoms in total. The highest BCUT2D eigenvalue weighted by Crippen LogP contribution is 2.19. The Morgan fingerprint density at radius 1 is 1.29 bits per heavy atom. The van der Waals surface area contributed by atoms with Gasteiger partial charge in [-0.05, 0) is 17.5 Å². The van der Waals surface area contributed by atoms with Crippen molar-refractivity contribution in [3.8, 4) is 0 Å². The summed E-state index contributed by atoms with van der Waals surface area (Å²) in [4.78, 5) is 6.78. The van der Waals surface area contributed by atoms with Crippen LogP contribution in [-0.4, -0.2) is 48.8 Å². The van der Waals surface area contributed by atoms with Gasteiger partial charge in [0, 0.05) is 44.6 Å². The number of rotatable bonds is 8. The zero-order chi connectivity index (χ0) is 14.9. The maximum atomic E-state index is 5.50. The summed E-state index contributed by atoms with van der Waals surface area (Å²) in [5, 5.41) is 3.63. The fourth-order valence-corrected chi connectivity index (χ4v) is 3.20. The molecule has 2 heterocycles. The van der Waals surface area contributed by atoms with Crippen LogP contribution < -0.4 is 5.32 Å². The lowest BCUT2D eigenvalue weighted by molar-refractivity contribution is 0.00161. The Kier molecular flexibility index (Phi) is 7.13. The van der Waals surface area contributed by atoms with E-state index in [1.54, 1.807) is 0 Å². The van der Waals surface area contributed by atoms with Crippen LogP contribution in [-0.2, 0) is 11.3 Å². The van der Waals surface area contributed by atoms with Gasteiger partial charge in [-0.1, -0.05) is 32.8 Å². The number of morpholine rings is 1. The molecule has 1 aliphatic heterocycles. The molecule has 0 radical (unpaired) electrons. The summed E-state index contributed by atoms with van der Waals surface area (Å²) in [5.74, 6) is 0.754. The predicted octanol–water partition coefficient (Wildman–Crippen LogP) is 2.31. The van der Waals surface area contributed by atoms with Gasteiger partial charge >= 0.3 is 0 Å². The van der Waals surface area contributed by atoms with Crippen molar-refractivity contribution in [1.82, 2.24) is 15.2 Å². The van der Waals surface area contributed by atoms with E-state index in [0.29, 0.717) is 6.04 Å². The minimum Gasteiger partial charge on any atom is -0.379 e. The minimum atomic E-state index is 0.612. The molecule has 1 aromatic rings. The molecule has 1 aliphatic rings. The van der Waals surface area contributed by atoms with E-state index in [1.165, 1.54) is 18.4 Å². The van der Waals surface area contributed by atoms with Gasteiger partial charge in [-0.3, -0.25) is 9.88 Å². The third-order valence-corrected chi connectivity index (χ3v) is 4.51. The van der Waals surface area contributed by atoms with E-state index in [2.05, 4.69) is 35.1 Å². The van der Waals surface area contributed by atoms with Crippen molar-refractivity contribution in [1.29, 1.82) is 0 Å². The second-order valence-corrected chi connectivity index (χ2v) is 5.78. The van der Waals surface area contributed by atoms with E-state index in [9.17, 15) is 0 Å². The normalized spacial score (nSPS) is 18.0. The predicted molar refractivity (Wildman–Crippen MR) is 86.2 cm³/mol. The van der Waals surface area contributed by atoms with Crippen LogP contribution in [0.1, 0.15) is 32.3 Å². The van der Waals surface area contributed by atoms with Gasteiger partial charge in [0.25, 0.3) is 0 Å². The van der Waals surface area contributed by atoms with E-state index in [1.807, 2.05) is 18.5 Å². The largest absolute Gasteiger partial charge is 0.379 e. The molecule has 0 aromatic carbocycles. The van der Waals surface area contributed by atoms with E-state index in [-0.39, 0.29) is 0 Å². The third-order valence-electron chi connectivity index (χ3n) is 4.51. The first kappa shape index (κ1) is 16.4. The van der Waals surface area contributed by atoms with E-state index in [4.69, 9.17) is 4.74 Å². The van der Waals surface area contributed by atoms with Gasteiger partial charge in [-0.25, -0.2) is 0 Å². The highest BCUT2D eigenvalue weighted by molar-refractivity contribution is 5.07. The Morgan fingerprint density at radius 3 is 2.67 bits per heavy atom.